The summed E-state index contributed by atoms with van der Waals surface area (Å²) in [5.74, 6) is 0.139. The van der Waals surface area contributed by atoms with Gasteiger partial charge in [0, 0.05) is 16.7 Å². The first kappa shape index (κ1) is 15.1. The molecule has 0 saturated heterocycles. The minimum atomic E-state index is -2.81. The minimum Gasteiger partial charge on any atom is -0.435 e. The van der Waals surface area contributed by atoms with Crippen LogP contribution in [0.1, 0.15) is 5.56 Å². The average molecular weight is 363 g/mol. The van der Waals surface area contributed by atoms with Crippen LogP contribution in [0.2, 0.25) is 5.02 Å². The predicted molar refractivity (Wildman–Crippen MR) is 79.6 cm³/mol. The normalized spacial score (nSPS) is 10.7. The summed E-state index contributed by atoms with van der Waals surface area (Å²) in [7, 11) is 0. The van der Waals surface area contributed by atoms with Crippen LogP contribution < -0.4 is 10.1 Å². The van der Waals surface area contributed by atoms with Gasteiger partial charge in [0.2, 0.25) is 0 Å². The quantitative estimate of drug-likeness (QED) is 0.777. The second-order valence-electron chi connectivity index (χ2n) is 4.00. The highest BCUT2D eigenvalue weighted by atomic mass is 79.9. The lowest BCUT2D eigenvalue weighted by Gasteiger charge is -2.09. The van der Waals surface area contributed by atoms with Gasteiger partial charge >= 0.3 is 6.61 Å². The number of hydrogen-bond donors (Lipinski definition) is 1. The van der Waals surface area contributed by atoms with Crippen LogP contribution in [0.15, 0.2) is 46.9 Å². The third-order valence-electron chi connectivity index (χ3n) is 2.56. The zero-order valence-corrected chi connectivity index (χ0v) is 12.6. The van der Waals surface area contributed by atoms with Crippen LogP contribution >= 0.6 is 27.5 Å². The zero-order valence-electron chi connectivity index (χ0n) is 10.2. The fraction of sp³-hybridized carbons (Fsp3) is 0.143. The number of alkyl halides is 2. The van der Waals surface area contributed by atoms with Gasteiger partial charge in [-0.3, -0.25) is 0 Å². The van der Waals surface area contributed by atoms with E-state index in [1.54, 1.807) is 12.1 Å². The first-order valence-electron chi connectivity index (χ1n) is 5.77. The highest BCUT2D eigenvalue weighted by Gasteiger charge is 2.04. The Morgan fingerprint density at radius 1 is 1.15 bits per heavy atom. The van der Waals surface area contributed by atoms with Gasteiger partial charge < -0.3 is 10.1 Å². The molecule has 20 heavy (non-hydrogen) atoms. The van der Waals surface area contributed by atoms with Crippen LogP contribution in [0.3, 0.4) is 0 Å². The van der Waals surface area contributed by atoms with Gasteiger partial charge in [-0.25, -0.2) is 0 Å². The van der Waals surface area contributed by atoms with Gasteiger partial charge in [0.25, 0.3) is 0 Å². The van der Waals surface area contributed by atoms with Crippen molar-refractivity contribution in [2.75, 3.05) is 5.32 Å². The lowest BCUT2D eigenvalue weighted by molar-refractivity contribution is -0.0498. The summed E-state index contributed by atoms with van der Waals surface area (Å²) in [5, 5.41) is 3.84. The van der Waals surface area contributed by atoms with E-state index in [9.17, 15) is 8.78 Å². The first-order chi connectivity index (χ1) is 9.54. The Morgan fingerprint density at radius 3 is 2.45 bits per heavy atom. The Morgan fingerprint density at radius 2 is 1.85 bits per heavy atom. The number of hydrogen-bond acceptors (Lipinski definition) is 2. The Labute approximate surface area is 128 Å². The molecule has 0 aliphatic rings. The van der Waals surface area contributed by atoms with E-state index < -0.39 is 6.61 Å². The number of ether oxygens (including phenoxy) is 1. The summed E-state index contributed by atoms with van der Waals surface area (Å²) in [5.41, 5.74) is 1.87. The van der Waals surface area contributed by atoms with Crippen LogP contribution in [0.25, 0.3) is 0 Å². The maximum absolute atomic E-state index is 12.0. The molecule has 0 fully saturated rings. The molecular formula is C14H11BrClF2NO. The molecule has 0 heterocycles. The van der Waals surface area contributed by atoms with Crippen molar-refractivity contribution in [3.05, 3.63) is 57.5 Å². The topological polar surface area (TPSA) is 21.3 Å². The van der Waals surface area contributed by atoms with Crippen molar-refractivity contribution < 1.29 is 13.5 Å². The van der Waals surface area contributed by atoms with Gasteiger partial charge in [-0.05, 0) is 57.9 Å². The van der Waals surface area contributed by atoms with Crippen molar-refractivity contribution >= 4 is 33.2 Å². The monoisotopic (exact) mass is 361 g/mol. The highest BCUT2D eigenvalue weighted by Crippen LogP contribution is 2.24. The molecule has 2 nitrogen and oxygen atoms in total. The maximum atomic E-state index is 12.0. The van der Waals surface area contributed by atoms with E-state index in [0.29, 0.717) is 11.6 Å². The average Bonchev–Trinajstić information content (AvgIpc) is 2.41. The summed E-state index contributed by atoms with van der Waals surface area (Å²) in [6.07, 6.45) is 0. The molecule has 0 amide bonds. The molecule has 2 aromatic carbocycles. The first-order valence-corrected chi connectivity index (χ1v) is 6.94. The van der Waals surface area contributed by atoms with Crippen molar-refractivity contribution in [3.63, 3.8) is 0 Å². The molecule has 0 bridgehead atoms. The molecule has 1 N–H and O–H groups in total. The largest absolute Gasteiger partial charge is 0.435 e. The summed E-state index contributed by atoms with van der Waals surface area (Å²) < 4.78 is 29.1. The second-order valence-corrected chi connectivity index (χ2v) is 5.27. The number of benzene rings is 2. The molecule has 0 spiro atoms. The molecule has 106 valence electrons. The van der Waals surface area contributed by atoms with Crippen molar-refractivity contribution in [1.82, 2.24) is 0 Å². The summed E-state index contributed by atoms with van der Waals surface area (Å²) >= 11 is 9.27. The van der Waals surface area contributed by atoms with Gasteiger partial charge in [-0.2, -0.15) is 8.78 Å². The lowest BCUT2D eigenvalue weighted by Crippen LogP contribution is -2.02. The highest BCUT2D eigenvalue weighted by molar-refractivity contribution is 9.10. The van der Waals surface area contributed by atoms with Crippen molar-refractivity contribution in [2.24, 2.45) is 0 Å². The molecule has 0 atom stereocenters. The third-order valence-corrected chi connectivity index (χ3v) is 3.77. The molecule has 0 radical (unpaired) electrons. The second kappa shape index (κ2) is 6.90. The van der Waals surface area contributed by atoms with Crippen LogP contribution in [-0.4, -0.2) is 6.61 Å². The Hall–Kier alpha value is -1.33. The number of nitrogens with one attached hydrogen (secondary N) is 1. The van der Waals surface area contributed by atoms with Crippen LogP contribution in [0.4, 0.5) is 14.5 Å². The number of anilines is 1. The Kier molecular flexibility index (Phi) is 5.20. The van der Waals surface area contributed by atoms with Crippen molar-refractivity contribution in [2.45, 2.75) is 13.2 Å². The van der Waals surface area contributed by atoms with Crippen LogP contribution in [-0.2, 0) is 6.54 Å². The molecule has 2 rings (SSSR count). The third kappa shape index (κ3) is 4.35. The van der Waals surface area contributed by atoms with Crippen molar-refractivity contribution in [3.8, 4) is 5.75 Å². The molecule has 0 aliphatic heterocycles. The van der Waals surface area contributed by atoms with Crippen molar-refractivity contribution in [1.29, 1.82) is 0 Å². The summed E-state index contributed by atoms with van der Waals surface area (Å²) in [4.78, 5) is 0. The fourth-order valence-electron chi connectivity index (χ4n) is 1.61. The van der Waals surface area contributed by atoms with Crippen LogP contribution in [0, 0.1) is 0 Å². The van der Waals surface area contributed by atoms with E-state index in [2.05, 4.69) is 26.0 Å². The van der Waals surface area contributed by atoms with E-state index in [4.69, 9.17) is 11.6 Å². The molecule has 6 heteroatoms. The molecular weight excluding hydrogens is 352 g/mol. The van der Waals surface area contributed by atoms with Gasteiger partial charge in [0.05, 0.1) is 5.02 Å². The molecule has 0 unspecified atom stereocenters. The molecule has 0 aliphatic carbocycles. The van der Waals surface area contributed by atoms with Crippen LogP contribution in [0.5, 0.6) is 5.75 Å². The Balaban J connectivity index is 1.95. The van der Waals surface area contributed by atoms with Gasteiger partial charge in [0.1, 0.15) is 5.75 Å². The van der Waals surface area contributed by atoms with E-state index in [-0.39, 0.29) is 5.75 Å². The van der Waals surface area contributed by atoms with E-state index in [0.717, 1.165) is 15.7 Å². The standard InChI is InChI=1S/C14H11BrClF2NO/c15-12-7-9(1-6-13(12)16)8-19-10-2-4-11(5-3-10)20-14(17)18/h1-7,14,19H,8H2. The molecule has 0 saturated carbocycles. The summed E-state index contributed by atoms with van der Waals surface area (Å²) in [6, 6.07) is 12.0. The predicted octanol–water partition coefficient (Wildman–Crippen LogP) is 5.32. The minimum absolute atomic E-state index is 0.139. The Bertz CT molecular complexity index is 578. The van der Waals surface area contributed by atoms with Gasteiger partial charge in [0.15, 0.2) is 0 Å². The zero-order chi connectivity index (χ0) is 14.5. The fourth-order valence-corrected chi connectivity index (χ4v) is 2.15. The van der Waals surface area contributed by atoms with E-state index in [1.165, 1.54) is 12.1 Å². The number of halogens is 4. The number of rotatable bonds is 5. The molecule has 2 aromatic rings. The van der Waals surface area contributed by atoms with E-state index in [1.807, 2.05) is 18.2 Å². The summed E-state index contributed by atoms with van der Waals surface area (Å²) in [6.45, 7) is -2.20. The SMILES string of the molecule is FC(F)Oc1ccc(NCc2ccc(Cl)c(Br)c2)cc1. The van der Waals surface area contributed by atoms with Gasteiger partial charge in [-0.15, -0.1) is 0 Å². The lowest BCUT2D eigenvalue weighted by atomic mass is 10.2. The van der Waals surface area contributed by atoms with Gasteiger partial charge in [-0.1, -0.05) is 17.7 Å². The molecule has 0 aromatic heterocycles. The smallest absolute Gasteiger partial charge is 0.387 e. The maximum Gasteiger partial charge on any atom is 0.387 e. The van der Waals surface area contributed by atoms with E-state index >= 15 is 0 Å².